The monoisotopic (exact) mass is 159 g/mol. The Balaban J connectivity index is 3.60. The number of aryl methyl sites for hydroxylation is 2. The molecular weight excluding hydrogens is 146 g/mol. The average molecular weight is 159 g/mol. The zero-order valence-electron chi connectivity index (χ0n) is 7.59. The molecule has 0 aliphatic heterocycles. The molecule has 0 saturated heterocycles. The Morgan fingerprint density at radius 1 is 1.42 bits per heavy atom. The Bertz CT molecular complexity index is 402. The Morgan fingerprint density at radius 3 is 2.58 bits per heavy atom. The van der Waals surface area contributed by atoms with Gasteiger partial charge in [0, 0.05) is 16.6 Å². The van der Waals surface area contributed by atoms with Crippen LogP contribution in [-0.2, 0) is 0 Å². The van der Waals surface area contributed by atoms with Gasteiger partial charge in [-0.25, -0.2) is 0 Å². The Kier molecular flexibility index (Phi) is 2.44. The molecule has 1 heteroatoms. The molecule has 62 valence electrons. The standard InChI is InChI=1S/C11H13N/c1-5-6-11-8(2)7-9(3)12-10(11)4/h5-7H,1-2H2,3-4H3/b11-6+. The van der Waals surface area contributed by atoms with Crippen molar-refractivity contribution in [3.63, 3.8) is 0 Å². The minimum absolute atomic E-state index is 1.01. The fraction of sp³-hybridized carbons (Fsp3) is 0.182. The molecule has 0 amide bonds. The lowest BCUT2D eigenvalue weighted by Crippen LogP contribution is -2.27. The highest BCUT2D eigenvalue weighted by molar-refractivity contribution is 5.38. The van der Waals surface area contributed by atoms with E-state index < -0.39 is 0 Å². The van der Waals surface area contributed by atoms with Crippen LogP contribution in [0.5, 0.6) is 0 Å². The molecule has 1 aromatic heterocycles. The molecule has 0 unspecified atom stereocenters. The number of pyridine rings is 1. The van der Waals surface area contributed by atoms with Gasteiger partial charge in [-0.15, -0.1) is 0 Å². The summed E-state index contributed by atoms with van der Waals surface area (Å²) in [6.07, 6.45) is 3.69. The van der Waals surface area contributed by atoms with Crippen molar-refractivity contribution in [1.29, 1.82) is 0 Å². The number of nitrogens with zero attached hydrogens (tertiary/aromatic N) is 1. The quantitative estimate of drug-likeness (QED) is 0.597. The lowest BCUT2D eigenvalue weighted by Gasteiger charge is -1.96. The Labute approximate surface area is 72.8 Å². The van der Waals surface area contributed by atoms with E-state index >= 15 is 0 Å². The van der Waals surface area contributed by atoms with Crippen LogP contribution in [0.15, 0.2) is 18.7 Å². The van der Waals surface area contributed by atoms with Crippen LogP contribution in [0, 0.1) is 13.8 Å². The highest BCUT2D eigenvalue weighted by Gasteiger charge is 1.91. The fourth-order valence-electron chi connectivity index (χ4n) is 1.26. The summed E-state index contributed by atoms with van der Waals surface area (Å²) in [5.74, 6) is 0. The molecule has 0 bridgehead atoms. The van der Waals surface area contributed by atoms with E-state index in [4.69, 9.17) is 0 Å². The van der Waals surface area contributed by atoms with Gasteiger partial charge in [-0.3, -0.25) is 4.98 Å². The summed E-state index contributed by atoms with van der Waals surface area (Å²) in [7, 11) is 0. The minimum Gasteiger partial charge on any atom is -0.258 e. The summed E-state index contributed by atoms with van der Waals surface area (Å²) in [4.78, 5) is 4.33. The molecule has 0 N–H and O–H groups in total. The predicted molar refractivity (Wildman–Crippen MR) is 53.1 cm³/mol. The second-order valence-corrected chi connectivity index (χ2v) is 2.82. The highest BCUT2D eigenvalue weighted by Crippen LogP contribution is 1.85. The predicted octanol–water partition coefficient (Wildman–Crippen LogP) is 1.08. The molecule has 1 rings (SSSR count). The van der Waals surface area contributed by atoms with Gasteiger partial charge >= 0.3 is 0 Å². The van der Waals surface area contributed by atoms with E-state index in [0.29, 0.717) is 0 Å². The van der Waals surface area contributed by atoms with Crippen LogP contribution in [0.2, 0.25) is 0 Å². The zero-order valence-corrected chi connectivity index (χ0v) is 7.59. The molecule has 0 spiro atoms. The van der Waals surface area contributed by atoms with E-state index in [0.717, 1.165) is 21.8 Å². The fourth-order valence-corrected chi connectivity index (χ4v) is 1.26. The summed E-state index contributed by atoms with van der Waals surface area (Å²) in [5, 5.41) is 2.09. The molecule has 0 fully saturated rings. The van der Waals surface area contributed by atoms with Crippen molar-refractivity contribution in [2.75, 3.05) is 0 Å². The Morgan fingerprint density at radius 2 is 2.08 bits per heavy atom. The van der Waals surface area contributed by atoms with Crippen molar-refractivity contribution in [3.05, 3.63) is 40.5 Å². The maximum absolute atomic E-state index is 4.33. The maximum atomic E-state index is 4.33. The van der Waals surface area contributed by atoms with Crippen LogP contribution in [-0.4, -0.2) is 4.98 Å². The third-order valence-electron chi connectivity index (χ3n) is 1.75. The van der Waals surface area contributed by atoms with Gasteiger partial charge in [0.05, 0.1) is 0 Å². The molecule has 12 heavy (non-hydrogen) atoms. The van der Waals surface area contributed by atoms with Crippen LogP contribution in [0.3, 0.4) is 0 Å². The van der Waals surface area contributed by atoms with Gasteiger partial charge in [0.25, 0.3) is 0 Å². The number of hydrogen-bond acceptors (Lipinski definition) is 1. The van der Waals surface area contributed by atoms with E-state index in [1.165, 1.54) is 0 Å². The molecule has 0 saturated carbocycles. The third-order valence-corrected chi connectivity index (χ3v) is 1.75. The van der Waals surface area contributed by atoms with Crippen molar-refractivity contribution in [2.24, 2.45) is 0 Å². The van der Waals surface area contributed by atoms with Crippen molar-refractivity contribution < 1.29 is 0 Å². The smallest absolute Gasteiger partial charge is 0.0453 e. The van der Waals surface area contributed by atoms with E-state index in [-0.39, 0.29) is 0 Å². The topological polar surface area (TPSA) is 12.9 Å². The van der Waals surface area contributed by atoms with Gasteiger partial charge in [0.15, 0.2) is 0 Å². The molecule has 1 heterocycles. The summed E-state index contributed by atoms with van der Waals surface area (Å²) in [6, 6.07) is 1.97. The molecular formula is C11H13N. The summed E-state index contributed by atoms with van der Waals surface area (Å²) >= 11 is 0. The van der Waals surface area contributed by atoms with Gasteiger partial charge < -0.3 is 0 Å². The molecule has 0 aromatic carbocycles. The van der Waals surface area contributed by atoms with Crippen LogP contribution in [0.4, 0.5) is 0 Å². The minimum atomic E-state index is 1.01. The lowest BCUT2D eigenvalue weighted by molar-refractivity contribution is 1.09. The van der Waals surface area contributed by atoms with Crippen molar-refractivity contribution in [2.45, 2.75) is 13.8 Å². The number of rotatable bonds is 1. The average Bonchev–Trinajstić information content (AvgIpc) is 1.96. The van der Waals surface area contributed by atoms with E-state index in [9.17, 15) is 0 Å². The second kappa shape index (κ2) is 3.35. The van der Waals surface area contributed by atoms with E-state index in [1.54, 1.807) is 6.08 Å². The normalized spacial score (nSPS) is 11.7. The first-order valence-corrected chi connectivity index (χ1v) is 3.91. The summed E-state index contributed by atoms with van der Waals surface area (Å²) in [6.45, 7) is 11.5. The van der Waals surface area contributed by atoms with Crippen LogP contribution >= 0.6 is 0 Å². The SMILES string of the molecule is C=C/C=c1/c(C)nc(C)cc1=C. The molecule has 0 aliphatic rings. The third kappa shape index (κ3) is 1.62. The van der Waals surface area contributed by atoms with Crippen molar-refractivity contribution in [1.82, 2.24) is 4.98 Å². The highest BCUT2D eigenvalue weighted by atomic mass is 14.7. The number of allylic oxidation sites excluding steroid dienone is 1. The number of aromatic nitrogens is 1. The number of hydrogen-bond donors (Lipinski definition) is 0. The maximum Gasteiger partial charge on any atom is 0.0453 e. The first-order chi connectivity index (χ1) is 5.65. The zero-order chi connectivity index (χ0) is 9.14. The van der Waals surface area contributed by atoms with Gasteiger partial charge in [0.1, 0.15) is 0 Å². The van der Waals surface area contributed by atoms with E-state index in [1.807, 2.05) is 26.0 Å². The van der Waals surface area contributed by atoms with Crippen LogP contribution in [0.1, 0.15) is 11.4 Å². The summed E-state index contributed by atoms with van der Waals surface area (Å²) < 4.78 is 0. The van der Waals surface area contributed by atoms with Gasteiger partial charge in [-0.05, 0) is 25.1 Å². The van der Waals surface area contributed by atoms with Crippen LogP contribution < -0.4 is 10.4 Å². The van der Waals surface area contributed by atoms with Gasteiger partial charge in [-0.1, -0.05) is 25.3 Å². The van der Waals surface area contributed by atoms with Crippen LogP contribution in [0.25, 0.3) is 12.7 Å². The van der Waals surface area contributed by atoms with Crippen molar-refractivity contribution >= 4 is 12.7 Å². The summed E-state index contributed by atoms with van der Waals surface area (Å²) in [5.41, 5.74) is 2.03. The molecule has 0 atom stereocenters. The van der Waals surface area contributed by atoms with Crippen molar-refractivity contribution in [3.8, 4) is 0 Å². The first-order valence-electron chi connectivity index (χ1n) is 3.91. The second-order valence-electron chi connectivity index (χ2n) is 2.82. The lowest BCUT2D eigenvalue weighted by atomic mass is 10.2. The van der Waals surface area contributed by atoms with E-state index in [2.05, 4.69) is 18.1 Å². The van der Waals surface area contributed by atoms with Gasteiger partial charge in [-0.2, -0.15) is 0 Å². The molecule has 0 radical (unpaired) electrons. The van der Waals surface area contributed by atoms with Gasteiger partial charge in [0.2, 0.25) is 0 Å². The molecule has 0 aliphatic carbocycles. The molecule has 1 aromatic rings. The molecule has 1 nitrogen and oxygen atoms in total. The Hall–Kier alpha value is -1.37. The first kappa shape index (κ1) is 8.72. The largest absolute Gasteiger partial charge is 0.258 e.